The van der Waals surface area contributed by atoms with Gasteiger partial charge >= 0.3 is 0 Å². The Morgan fingerprint density at radius 1 is 1.10 bits per heavy atom. The highest BCUT2D eigenvalue weighted by atomic mass is 15.1. The van der Waals surface area contributed by atoms with Gasteiger partial charge in [0.15, 0.2) is 0 Å². The number of hydrogen-bond acceptors (Lipinski definition) is 2. The van der Waals surface area contributed by atoms with E-state index in [1.54, 1.807) is 0 Å². The molecule has 0 spiro atoms. The molecule has 2 bridgehead atoms. The van der Waals surface area contributed by atoms with Gasteiger partial charge in [-0.05, 0) is 62.1 Å². The maximum Gasteiger partial charge on any atom is 0.0233 e. The van der Waals surface area contributed by atoms with Gasteiger partial charge in [0.2, 0.25) is 0 Å². The zero-order chi connectivity index (χ0) is 13.8. The highest BCUT2D eigenvalue weighted by Gasteiger charge is 2.39. The molecule has 0 heterocycles. The Kier molecular flexibility index (Phi) is 4.74. The molecule has 1 aromatic carbocycles. The molecule has 2 fully saturated rings. The van der Waals surface area contributed by atoms with Crippen LogP contribution in [-0.4, -0.2) is 24.5 Å². The molecule has 110 valence electrons. The largest absolute Gasteiger partial charge is 0.330 e. The molecule has 3 atom stereocenters. The predicted molar refractivity (Wildman–Crippen MR) is 84.3 cm³/mol. The highest BCUT2D eigenvalue weighted by molar-refractivity contribution is 5.14. The topological polar surface area (TPSA) is 29.3 Å². The van der Waals surface area contributed by atoms with Crippen molar-refractivity contribution in [2.45, 2.75) is 38.6 Å². The van der Waals surface area contributed by atoms with Crippen LogP contribution in [0.25, 0.3) is 0 Å². The summed E-state index contributed by atoms with van der Waals surface area (Å²) < 4.78 is 0. The Morgan fingerprint density at radius 2 is 1.95 bits per heavy atom. The van der Waals surface area contributed by atoms with E-state index in [4.69, 9.17) is 5.73 Å². The van der Waals surface area contributed by atoms with Gasteiger partial charge in [0.05, 0.1) is 0 Å². The van der Waals surface area contributed by atoms with Gasteiger partial charge in [-0.1, -0.05) is 36.8 Å². The Morgan fingerprint density at radius 3 is 2.60 bits per heavy atom. The Hall–Kier alpha value is -0.860. The van der Waals surface area contributed by atoms with Gasteiger partial charge in [0, 0.05) is 13.1 Å². The quantitative estimate of drug-likeness (QED) is 0.825. The lowest BCUT2D eigenvalue weighted by Gasteiger charge is -2.30. The Bertz CT molecular complexity index is 403. The van der Waals surface area contributed by atoms with Crippen molar-refractivity contribution in [2.75, 3.05) is 19.6 Å². The maximum atomic E-state index is 5.71. The number of nitrogens with zero attached hydrogens (tertiary/aromatic N) is 1. The fraction of sp³-hybridized carbons (Fsp3) is 0.667. The van der Waals surface area contributed by atoms with E-state index in [-0.39, 0.29) is 0 Å². The molecule has 2 nitrogen and oxygen atoms in total. The second kappa shape index (κ2) is 6.73. The third kappa shape index (κ3) is 3.42. The van der Waals surface area contributed by atoms with Gasteiger partial charge in [-0.15, -0.1) is 0 Å². The molecule has 0 saturated heterocycles. The molecule has 2 N–H and O–H groups in total. The summed E-state index contributed by atoms with van der Waals surface area (Å²) in [6, 6.07) is 10.9. The van der Waals surface area contributed by atoms with E-state index in [1.807, 2.05) is 0 Å². The van der Waals surface area contributed by atoms with Crippen LogP contribution in [0.15, 0.2) is 30.3 Å². The molecule has 0 aromatic heterocycles. The maximum absolute atomic E-state index is 5.71. The van der Waals surface area contributed by atoms with Crippen LogP contribution in [0.2, 0.25) is 0 Å². The number of benzene rings is 1. The van der Waals surface area contributed by atoms with Crippen molar-refractivity contribution in [1.29, 1.82) is 0 Å². The first-order valence-electron chi connectivity index (χ1n) is 8.31. The SMILES string of the molecule is NCCCN(Cc1ccccc1)CC1CC2CCC1C2. The molecule has 2 aliphatic rings. The van der Waals surface area contributed by atoms with Gasteiger partial charge in [0.25, 0.3) is 0 Å². The second-order valence-electron chi connectivity index (χ2n) is 6.80. The third-order valence-electron chi connectivity index (χ3n) is 5.30. The van der Waals surface area contributed by atoms with Crippen molar-refractivity contribution in [3.8, 4) is 0 Å². The lowest BCUT2D eigenvalue weighted by molar-refractivity contribution is 0.182. The number of rotatable bonds is 7. The minimum Gasteiger partial charge on any atom is -0.330 e. The summed E-state index contributed by atoms with van der Waals surface area (Å²) in [5, 5.41) is 0. The lowest BCUT2D eigenvalue weighted by Crippen LogP contribution is -2.33. The zero-order valence-corrected chi connectivity index (χ0v) is 12.5. The first-order valence-corrected chi connectivity index (χ1v) is 8.31. The van der Waals surface area contributed by atoms with Crippen LogP contribution < -0.4 is 5.73 Å². The van der Waals surface area contributed by atoms with Gasteiger partial charge in [0.1, 0.15) is 0 Å². The molecule has 3 rings (SSSR count). The minimum absolute atomic E-state index is 0.808. The molecule has 1 aromatic rings. The molecule has 3 unspecified atom stereocenters. The van der Waals surface area contributed by atoms with Crippen molar-refractivity contribution >= 4 is 0 Å². The van der Waals surface area contributed by atoms with Crippen LogP contribution in [0.3, 0.4) is 0 Å². The summed E-state index contributed by atoms with van der Waals surface area (Å²) in [6.45, 7) is 4.34. The predicted octanol–water partition coefficient (Wildman–Crippen LogP) is 3.27. The Labute approximate surface area is 123 Å². The van der Waals surface area contributed by atoms with E-state index in [2.05, 4.69) is 35.2 Å². The fourth-order valence-corrected chi connectivity index (χ4v) is 4.32. The van der Waals surface area contributed by atoms with E-state index in [9.17, 15) is 0 Å². The van der Waals surface area contributed by atoms with Crippen molar-refractivity contribution in [1.82, 2.24) is 4.90 Å². The summed E-state index contributed by atoms with van der Waals surface area (Å²) in [7, 11) is 0. The normalized spacial score (nSPS) is 28.4. The number of nitrogens with two attached hydrogens (primary N) is 1. The molecule has 0 radical (unpaired) electrons. The standard InChI is InChI=1S/C18H28N2/c19-9-4-10-20(13-15-5-2-1-3-6-15)14-18-12-16-7-8-17(18)11-16/h1-3,5-6,16-18H,4,7-14,19H2. The molecule has 0 amide bonds. The van der Waals surface area contributed by atoms with Crippen LogP contribution in [0.5, 0.6) is 0 Å². The fourth-order valence-electron chi connectivity index (χ4n) is 4.32. The van der Waals surface area contributed by atoms with Crippen molar-refractivity contribution in [2.24, 2.45) is 23.5 Å². The van der Waals surface area contributed by atoms with E-state index < -0.39 is 0 Å². The molecule has 0 aliphatic heterocycles. The van der Waals surface area contributed by atoms with E-state index in [0.717, 1.165) is 43.8 Å². The van der Waals surface area contributed by atoms with E-state index in [1.165, 1.54) is 37.8 Å². The summed E-state index contributed by atoms with van der Waals surface area (Å²) in [6.07, 6.45) is 7.11. The number of hydrogen-bond donors (Lipinski definition) is 1. The first-order chi connectivity index (χ1) is 9.85. The van der Waals surface area contributed by atoms with Crippen molar-refractivity contribution in [3.63, 3.8) is 0 Å². The minimum atomic E-state index is 0.808. The molecular formula is C18H28N2. The lowest BCUT2D eigenvalue weighted by atomic mass is 9.88. The number of fused-ring (bicyclic) bond motifs is 2. The average molecular weight is 272 g/mol. The van der Waals surface area contributed by atoms with Crippen molar-refractivity contribution < 1.29 is 0 Å². The van der Waals surface area contributed by atoms with Crippen LogP contribution in [0.4, 0.5) is 0 Å². The van der Waals surface area contributed by atoms with Crippen LogP contribution in [-0.2, 0) is 6.54 Å². The van der Waals surface area contributed by atoms with Crippen LogP contribution in [0.1, 0.15) is 37.7 Å². The van der Waals surface area contributed by atoms with Gasteiger partial charge in [-0.2, -0.15) is 0 Å². The monoisotopic (exact) mass is 272 g/mol. The van der Waals surface area contributed by atoms with Gasteiger partial charge in [-0.25, -0.2) is 0 Å². The molecule has 2 aliphatic carbocycles. The molecule has 20 heavy (non-hydrogen) atoms. The summed E-state index contributed by atoms with van der Waals surface area (Å²) in [4.78, 5) is 2.65. The second-order valence-corrected chi connectivity index (χ2v) is 6.80. The Balaban J connectivity index is 1.58. The van der Waals surface area contributed by atoms with Crippen molar-refractivity contribution in [3.05, 3.63) is 35.9 Å². The first kappa shape index (κ1) is 14.1. The van der Waals surface area contributed by atoms with Gasteiger partial charge in [-0.3, -0.25) is 4.90 Å². The molecule has 2 saturated carbocycles. The molecular weight excluding hydrogens is 244 g/mol. The van der Waals surface area contributed by atoms with E-state index in [0.29, 0.717) is 0 Å². The third-order valence-corrected chi connectivity index (χ3v) is 5.30. The summed E-state index contributed by atoms with van der Waals surface area (Å²) in [5.41, 5.74) is 7.15. The van der Waals surface area contributed by atoms with E-state index >= 15 is 0 Å². The summed E-state index contributed by atoms with van der Waals surface area (Å²) >= 11 is 0. The zero-order valence-electron chi connectivity index (χ0n) is 12.5. The highest BCUT2D eigenvalue weighted by Crippen LogP contribution is 2.48. The van der Waals surface area contributed by atoms with Gasteiger partial charge < -0.3 is 5.73 Å². The smallest absolute Gasteiger partial charge is 0.0233 e. The van der Waals surface area contributed by atoms with Crippen LogP contribution in [0, 0.1) is 17.8 Å². The summed E-state index contributed by atoms with van der Waals surface area (Å²) in [5.74, 6) is 3.03. The van der Waals surface area contributed by atoms with Crippen LogP contribution >= 0.6 is 0 Å². The average Bonchev–Trinajstić information content (AvgIpc) is 3.08. The molecule has 2 heteroatoms.